The molecule has 0 unspecified atom stereocenters. The lowest BCUT2D eigenvalue weighted by Crippen LogP contribution is -2.43. The SMILES string of the molecule is O=C(NCc1ccc(F)cc1Cl)[C@@H]1CCCN(c2nc3ccccc3o2)C1. The van der Waals surface area contributed by atoms with Gasteiger partial charge in [-0.05, 0) is 42.7 Å². The molecule has 1 N–H and O–H groups in total. The van der Waals surface area contributed by atoms with E-state index in [2.05, 4.69) is 10.3 Å². The van der Waals surface area contributed by atoms with Crippen LogP contribution in [0.5, 0.6) is 0 Å². The van der Waals surface area contributed by atoms with Gasteiger partial charge in [-0.25, -0.2) is 4.39 Å². The molecule has 0 bridgehead atoms. The molecule has 1 aromatic heterocycles. The van der Waals surface area contributed by atoms with Gasteiger partial charge in [0.05, 0.1) is 5.92 Å². The minimum Gasteiger partial charge on any atom is -0.423 e. The monoisotopic (exact) mass is 387 g/mol. The van der Waals surface area contributed by atoms with Crippen molar-refractivity contribution < 1.29 is 13.6 Å². The fourth-order valence-corrected chi connectivity index (χ4v) is 3.59. The quantitative estimate of drug-likeness (QED) is 0.730. The number of amides is 1. The van der Waals surface area contributed by atoms with Crippen LogP contribution in [0.3, 0.4) is 0 Å². The average molecular weight is 388 g/mol. The third kappa shape index (κ3) is 3.90. The van der Waals surface area contributed by atoms with E-state index < -0.39 is 5.82 Å². The van der Waals surface area contributed by atoms with Crippen LogP contribution in [-0.4, -0.2) is 24.0 Å². The van der Waals surface area contributed by atoms with E-state index >= 15 is 0 Å². The number of benzene rings is 2. The number of para-hydroxylation sites is 2. The number of hydrogen-bond donors (Lipinski definition) is 1. The number of anilines is 1. The molecule has 0 radical (unpaired) electrons. The molecule has 27 heavy (non-hydrogen) atoms. The number of carbonyl (C=O) groups excluding carboxylic acids is 1. The first-order valence-electron chi connectivity index (χ1n) is 8.92. The third-order valence-corrected chi connectivity index (χ3v) is 5.17. The molecule has 0 saturated carbocycles. The van der Waals surface area contributed by atoms with E-state index in [9.17, 15) is 9.18 Å². The number of fused-ring (bicyclic) bond motifs is 1. The maximum absolute atomic E-state index is 13.1. The Balaban J connectivity index is 1.40. The predicted octanol–water partition coefficient (Wildman–Crippen LogP) is 4.15. The summed E-state index contributed by atoms with van der Waals surface area (Å²) in [5.74, 6) is -0.597. The topological polar surface area (TPSA) is 58.4 Å². The Morgan fingerprint density at radius 3 is 3.00 bits per heavy atom. The van der Waals surface area contributed by atoms with Gasteiger partial charge in [0.1, 0.15) is 11.3 Å². The van der Waals surface area contributed by atoms with Crippen LogP contribution in [-0.2, 0) is 11.3 Å². The van der Waals surface area contributed by atoms with Gasteiger partial charge < -0.3 is 14.6 Å². The van der Waals surface area contributed by atoms with Crippen molar-refractivity contribution in [3.63, 3.8) is 0 Å². The lowest BCUT2D eigenvalue weighted by atomic mass is 9.97. The maximum Gasteiger partial charge on any atom is 0.298 e. The van der Waals surface area contributed by atoms with E-state index in [4.69, 9.17) is 16.0 Å². The second-order valence-electron chi connectivity index (χ2n) is 6.70. The molecule has 2 heterocycles. The van der Waals surface area contributed by atoms with Crippen LogP contribution < -0.4 is 10.2 Å². The van der Waals surface area contributed by atoms with Gasteiger partial charge in [0.15, 0.2) is 5.58 Å². The zero-order valence-electron chi connectivity index (χ0n) is 14.6. The van der Waals surface area contributed by atoms with E-state index in [1.165, 1.54) is 12.1 Å². The van der Waals surface area contributed by atoms with Crippen molar-refractivity contribution in [2.75, 3.05) is 18.0 Å². The molecule has 1 fully saturated rings. The lowest BCUT2D eigenvalue weighted by Gasteiger charge is -2.30. The van der Waals surface area contributed by atoms with Crippen LogP contribution in [0.15, 0.2) is 46.9 Å². The van der Waals surface area contributed by atoms with E-state index in [0.717, 1.165) is 30.5 Å². The Kier molecular flexibility index (Phi) is 4.99. The smallest absolute Gasteiger partial charge is 0.298 e. The summed E-state index contributed by atoms with van der Waals surface area (Å²) in [6.07, 6.45) is 1.69. The summed E-state index contributed by atoms with van der Waals surface area (Å²) in [6, 6.07) is 12.3. The summed E-state index contributed by atoms with van der Waals surface area (Å²) in [7, 11) is 0. The Hall–Kier alpha value is -2.60. The molecule has 5 nitrogen and oxygen atoms in total. The van der Waals surface area contributed by atoms with Gasteiger partial charge >= 0.3 is 0 Å². The van der Waals surface area contributed by atoms with Gasteiger partial charge in [-0.3, -0.25) is 4.79 Å². The van der Waals surface area contributed by atoms with Crippen LogP contribution in [0.1, 0.15) is 18.4 Å². The molecule has 1 aliphatic heterocycles. The number of nitrogens with one attached hydrogen (secondary N) is 1. The second-order valence-corrected chi connectivity index (χ2v) is 7.11. The van der Waals surface area contributed by atoms with Crippen molar-refractivity contribution in [1.82, 2.24) is 10.3 Å². The van der Waals surface area contributed by atoms with Crippen LogP contribution in [0, 0.1) is 11.7 Å². The van der Waals surface area contributed by atoms with E-state index in [1.807, 2.05) is 29.2 Å². The normalized spacial score (nSPS) is 17.3. The minimum atomic E-state index is -0.392. The highest BCUT2D eigenvalue weighted by Crippen LogP contribution is 2.26. The average Bonchev–Trinajstić information content (AvgIpc) is 3.11. The summed E-state index contributed by atoms with van der Waals surface area (Å²) >= 11 is 6.02. The maximum atomic E-state index is 13.1. The minimum absolute atomic E-state index is 0.0452. The zero-order chi connectivity index (χ0) is 18.8. The Bertz CT molecular complexity index is 942. The Morgan fingerprint density at radius 2 is 2.19 bits per heavy atom. The number of hydrogen-bond acceptors (Lipinski definition) is 4. The number of oxazole rings is 1. The highest BCUT2D eigenvalue weighted by molar-refractivity contribution is 6.31. The third-order valence-electron chi connectivity index (χ3n) is 4.81. The van der Waals surface area contributed by atoms with E-state index in [0.29, 0.717) is 23.1 Å². The summed E-state index contributed by atoms with van der Waals surface area (Å²) in [4.78, 5) is 19.1. The van der Waals surface area contributed by atoms with Crippen LogP contribution >= 0.6 is 11.6 Å². The molecule has 4 rings (SSSR count). The van der Waals surface area contributed by atoms with Gasteiger partial charge in [0.2, 0.25) is 5.91 Å². The zero-order valence-corrected chi connectivity index (χ0v) is 15.4. The molecule has 0 spiro atoms. The number of aromatic nitrogens is 1. The molecular formula is C20H19ClFN3O2. The first-order valence-corrected chi connectivity index (χ1v) is 9.30. The van der Waals surface area contributed by atoms with Crippen LogP contribution in [0.4, 0.5) is 10.4 Å². The van der Waals surface area contributed by atoms with Crippen molar-refractivity contribution in [2.45, 2.75) is 19.4 Å². The van der Waals surface area contributed by atoms with Gasteiger partial charge in [0, 0.05) is 24.7 Å². The molecule has 140 valence electrons. The molecule has 1 amide bonds. The number of rotatable bonds is 4. The van der Waals surface area contributed by atoms with Crippen molar-refractivity contribution in [3.05, 3.63) is 58.9 Å². The first kappa shape index (κ1) is 17.8. The molecule has 1 aliphatic rings. The van der Waals surface area contributed by atoms with Gasteiger partial charge in [-0.15, -0.1) is 0 Å². The lowest BCUT2D eigenvalue weighted by molar-refractivity contribution is -0.125. The van der Waals surface area contributed by atoms with Crippen molar-refractivity contribution in [3.8, 4) is 0 Å². The fraction of sp³-hybridized carbons (Fsp3) is 0.300. The highest BCUT2D eigenvalue weighted by Gasteiger charge is 2.28. The molecule has 1 atom stereocenters. The van der Waals surface area contributed by atoms with Crippen LogP contribution in [0.25, 0.3) is 11.1 Å². The molecule has 0 aliphatic carbocycles. The summed E-state index contributed by atoms with van der Waals surface area (Å²) in [5.41, 5.74) is 2.24. The van der Waals surface area contributed by atoms with E-state index in [-0.39, 0.29) is 18.4 Å². The van der Waals surface area contributed by atoms with Crippen molar-refractivity contribution in [1.29, 1.82) is 0 Å². The highest BCUT2D eigenvalue weighted by atomic mass is 35.5. The number of piperidine rings is 1. The summed E-state index contributed by atoms with van der Waals surface area (Å²) in [5, 5.41) is 3.22. The Morgan fingerprint density at radius 1 is 1.33 bits per heavy atom. The van der Waals surface area contributed by atoms with Crippen molar-refractivity contribution >= 4 is 34.6 Å². The van der Waals surface area contributed by atoms with Gasteiger partial charge in [-0.2, -0.15) is 4.98 Å². The second kappa shape index (κ2) is 7.56. The number of nitrogens with zero attached hydrogens (tertiary/aromatic N) is 2. The number of carbonyl (C=O) groups is 1. The van der Waals surface area contributed by atoms with E-state index in [1.54, 1.807) is 6.07 Å². The summed E-state index contributed by atoms with van der Waals surface area (Å²) in [6.45, 7) is 1.63. The molecule has 7 heteroatoms. The predicted molar refractivity (Wildman–Crippen MR) is 102 cm³/mol. The van der Waals surface area contributed by atoms with Gasteiger partial charge in [0.25, 0.3) is 6.01 Å². The van der Waals surface area contributed by atoms with Crippen LogP contribution in [0.2, 0.25) is 5.02 Å². The molecular weight excluding hydrogens is 369 g/mol. The molecule has 2 aromatic carbocycles. The van der Waals surface area contributed by atoms with Crippen molar-refractivity contribution in [2.24, 2.45) is 5.92 Å². The number of halogens is 2. The fourth-order valence-electron chi connectivity index (χ4n) is 3.35. The molecule has 1 saturated heterocycles. The molecule has 3 aromatic rings. The largest absolute Gasteiger partial charge is 0.423 e. The van der Waals surface area contributed by atoms with Gasteiger partial charge in [-0.1, -0.05) is 29.8 Å². The Labute approximate surface area is 161 Å². The first-order chi connectivity index (χ1) is 13.1. The standard InChI is InChI=1S/C20H19ClFN3O2/c21-16-10-15(22)8-7-13(16)11-23-19(26)14-4-3-9-25(12-14)20-24-17-5-1-2-6-18(17)27-20/h1-2,5-8,10,14H,3-4,9,11-12H2,(H,23,26)/t14-/m1/s1. The summed E-state index contributed by atoms with van der Waals surface area (Å²) < 4.78 is 18.9.